The summed E-state index contributed by atoms with van der Waals surface area (Å²) in [6, 6.07) is 7.52. The van der Waals surface area contributed by atoms with E-state index in [2.05, 4.69) is 5.32 Å². The standard InChI is InChI=1S/C16H24N2O3/c1-12(13-10-17-11-13)16(19)18(2)8-9-21-15-7-5-4-6-14(15)20-3/h4-7,12-13,17H,8-11H2,1-3H3. The number of amides is 1. The highest BCUT2D eigenvalue weighted by molar-refractivity contribution is 5.78. The van der Waals surface area contributed by atoms with Crippen LogP contribution in [0.4, 0.5) is 0 Å². The maximum atomic E-state index is 12.3. The first-order valence-corrected chi connectivity index (χ1v) is 7.35. The highest BCUT2D eigenvalue weighted by Crippen LogP contribution is 2.25. The zero-order chi connectivity index (χ0) is 15.2. The number of ether oxygens (including phenoxy) is 2. The molecule has 0 saturated carbocycles. The highest BCUT2D eigenvalue weighted by Gasteiger charge is 2.30. The molecule has 0 spiro atoms. The molecule has 1 saturated heterocycles. The number of methoxy groups -OCH3 is 1. The van der Waals surface area contributed by atoms with Crippen molar-refractivity contribution >= 4 is 5.91 Å². The molecule has 1 unspecified atom stereocenters. The van der Waals surface area contributed by atoms with E-state index in [1.165, 1.54) is 0 Å². The zero-order valence-electron chi connectivity index (χ0n) is 13.0. The number of carbonyl (C=O) groups excluding carboxylic acids is 1. The number of nitrogens with one attached hydrogen (secondary N) is 1. The van der Waals surface area contributed by atoms with Crippen LogP contribution in [-0.4, -0.2) is 51.2 Å². The summed E-state index contributed by atoms with van der Waals surface area (Å²) in [4.78, 5) is 14.0. The van der Waals surface area contributed by atoms with Gasteiger partial charge in [0.15, 0.2) is 11.5 Å². The first kappa shape index (κ1) is 15.6. The van der Waals surface area contributed by atoms with Crippen molar-refractivity contribution in [3.8, 4) is 11.5 Å². The number of rotatable bonds is 7. The van der Waals surface area contributed by atoms with Gasteiger partial charge in [0.2, 0.25) is 5.91 Å². The second-order valence-electron chi connectivity index (χ2n) is 5.47. The van der Waals surface area contributed by atoms with Crippen molar-refractivity contribution in [3.63, 3.8) is 0 Å². The highest BCUT2D eigenvalue weighted by atomic mass is 16.5. The van der Waals surface area contributed by atoms with Gasteiger partial charge >= 0.3 is 0 Å². The fourth-order valence-corrected chi connectivity index (χ4v) is 2.35. The Morgan fingerprint density at radius 3 is 2.62 bits per heavy atom. The van der Waals surface area contributed by atoms with Crippen LogP contribution >= 0.6 is 0 Å². The van der Waals surface area contributed by atoms with Gasteiger partial charge in [0.05, 0.1) is 13.7 Å². The van der Waals surface area contributed by atoms with Gasteiger partial charge in [-0.25, -0.2) is 0 Å². The first-order valence-electron chi connectivity index (χ1n) is 7.35. The fraction of sp³-hybridized carbons (Fsp3) is 0.562. The molecule has 5 nitrogen and oxygen atoms in total. The number of hydrogen-bond acceptors (Lipinski definition) is 4. The molecule has 1 amide bonds. The van der Waals surface area contributed by atoms with Crippen LogP contribution in [0.2, 0.25) is 0 Å². The van der Waals surface area contributed by atoms with Crippen molar-refractivity contribution in [2.75, 3.05) is 40.4 Å². The molecule has 116 valence electrons. The first-order chi connectivity index (χ1) is 10.1. The van der Waals surface area contributed by atoms with Crippen LogP contribution in [0.3, 0.4) is 0 Å². The third-order valence-corrected chi connectivity index (χ3v) is 4.04. The zero-order valence-corrected chi connectivity index (χ0v) is 13.0. The predicted octanol–water partition coefficient (Wildman–Crippen LogP) is 1.39. The van der Waals surface area contributed by atoms with Crippen LogP contribution in [-0.2, 0) is 4.79 Å². The van der Waals surface area contributed by atoms with E-state index in [0.717, 1.165) is 13.1 Å². The van der Waals surface area contributed by atoms with Crippen molar-refractivity contribution < 1.29 is 14.3 Å². The summed E-state index contributed by atoms with van der Waals surface area (Å²) >= 11 is 0. The minimum atomic E-state index is 0.0718. The van der Waals surface area contributed by atoms with E-state index in [1.54, 1.807) is 12.0 Å². The van der Waals surface area contributed by atoms with Gasteiger partial charge in [0, 0.05) is 13.0 Å². The lowest BCUT2D eigenvalue weighted by atomic mass is 9.88. The maximum Gasteiger partial charge on any atom is 0.225 e. The third kappa shape index (κ3) is 3.88. The van der Waals surface area contributed by atoms with Crippen LogP contribution in [0.15, 0.2) is 24.3 Å². The number of likely N-dealkylation sites (N-methyl/N-ethyl adjacent to an activating group) is 1. The molecule has 1 aromatic rings. The molecule has 0 aliphatic carbocycles. The van der Waals surface area contributed by atoms with E-state index in [1.807, 2.05) is 38.2 Å². The summed E-state index contributed by atoms with van der Waals surface area (Å²) in [7, 11) is 3.45. The lowest BCUT2D eigenvalue weighted by molar-refractivity contribution is -0.136. The van der Waals surface area contributed by atoms with E-state index in [-0.39, 0.29) is 11.8 Å². The molecule has 5 heteroatoms. The molecule has 1 heterocycles. The normalized spacial score (nSPS) is 16.0. The fourth-order valence-electron chi connectivity index (χ4n) is 2.35. The Morgan fingerprint density at radius 2 is 2.05 bits per heavy atom. The average molecular weight is 292 g/mol. The van der Waals surface area contributed by atoms with Gasteiger partial charge in [0.25, 0.3) is 0 Å². The maximum absolute atomic E-state index is 12.3. The van der Waals surface area contributed by atoms with Gasteiger partial charge in [-0.1, -0.05) is 19.1 Å². The van der Waals surface area contributed by atoms with Crippen molar-refractivity contribution in [2.24, 2.45) is 11.8 Å². The minimum absolute atomic E-state index is 0.0718. The van der Waals surface area contributed by atoms with Crippen LogP contribution in [0.25, 0.3) is 0 Å². The summed E-state index contributed by atoms with van der Waals surface area (Å²) in [5.41, 5.74) is 0. The molecule has 0 bridgehead atoms. The van der Waals surface area contributed by atoms with Gasteiger partial charge in [-0.15, -0.1) is 0 Å². The minimum Gasteiger partial charge on any atom is -0.493 e. The van der Waals surface area contributed by atoms with Gasteiger partial charge in [-0.05, 0) is 31.1 Å². The smallest absolute Gasteiger partial charge is 0.225 e. The van der Waals surface area contributed by atoms with Crippen molar-refractivity contribution in [1.82, 2.24) is 10.2 Å². The number of benzene rings is 1. The van der Waals surface area contributed by atoms with E-state index in [9.17, 15) is 4.79 Å². The van der Waals surface area contributed by atoms with Crippen LogP contribution < -0.4 is 14.8 Å². The molecular formula is C16H24N2O3. The van der Waals surface area contributed by atoms with Crippen molar-refractivity contribution in [2.45, 2.75) is 6.92 Å². The van der Waals surface area contributed by atoms with E-state index < -0.39 is 0 Å². The van der Waals surface area contributed by atoms with Gasteiger partial charge in [0.1, 0.15) is 6.61 Å². The predicted molar refractivity (Wildman–Crippen MR) is 81.6 cm³/mol. The molecule has 1 fully saturated rings. The molecular weight excluding hydrogens is 268 g/mol. The van der Waals surface area contributed by atoms with Gasteiger partial charge in [-0.3, -0.25) is 4.79 Å². The lowest BCUT2D eigenvalue weighted by Gasteiger charge is -2.33. The summed E-state index contributed by atoms with van der Waals surface area (Å²) in [6.07, 6.45) is 0. The lowest BCUT2D eigenvalue weighted by Crippen LogP contribution is -2.50. The molecule has 2 rings (SSSR count). The van der Waals surface area contributed by atoms with Gasteiger partial charge in [-0.2, -0.15) is 0 Å². The van der Waals surface area contributed by atoms with E-state index in [0.29, 0.717) is 30.6 Å². The second kappa shape index (κ2) is 7.31. The summed E-state index contributed by atoms with van der Waals surface area (Å²) in [5.74, 6) is 2.14. The number of nitrogens with zero attached hydrogens (tertiary/aromatic N) is 1. The Balaban J connectivity index is 1.78. The topological polar surface area (TPSA) is 50.8 Å². The summed E-state index contributed by atoms with van der Waals surface area (Å²) < 4.78 is 10.9. The monoisotopic (exact) mass is 292 g/mol. The Morgan fingerprint density at radius 1 is 1.38 bits per heavy atom. The third-order valence-electron chi connectivity index (χ3n) is 4.04. The molecule has 1 aliphatic rings. The molecule has 0 radical (unpaired) electrons. The average Bonchev–Trinajstić information content (AvgIpc) is 2.44. The number of para-hydroxylation sites is 2. The number of carbonyl (C=O) groups is 1. The Labute approximate surface area is 126 Å². The van der Waals surface area contributed by atoms with Crippen molar-refractivity contribution in [1.29, 1.82) is 0 Å². The Hall–Kier alpha value is -1.75. The quantitative estimate of drug-likeness (QED) is 0.825. The van der Waals surface area contributed by atoms with Crippen LogP contribution in [0.1, 0.15) is 6.92 Å². The molecule has 0 aromatic heterocycles. The SMILES string of the molecule is COc1ccccc1OCCN(C)C(=O)C(C)C1CNC1. The molecule has 1 aromatic carbocycles. The largest absolute Gasteiger partial charge is 0.493 e. The van der Waals surface area contributed by atoms with Crippen LogP contribution in [0, 0.1) is 11.8 Å². The molecule has 1 N–H and O–H groups in total. The Bertz CT molecular complexity index is 474. The Kier molecular flexibility index (Phi) is 5.44. The molecule has 1 aliphatic heterocycles. The summed E-state index contributed by atoms with van der Waals surface area (Å²) in [5, 5.41) is 3.20. The van der Waals surface area contributed by atoms with E-state index in [4.69, 9.17) is 9.47 Å². The summed E-state index contributed by atoms with van der Waals surface area (Å²) in [6.45, 7) is 4.92. The number of hydrogen-bond donors (Lipinski definition) is 1. The molecule has 21 heavy (non-hydrogen) atoms. The van der Waals surface area contributed by atoms with Crippen LogP contribution in [0.5, 0.6) is 11.5 Å². The van der Waals surface area contributed by atoms with Crippen molar-refractivity contribution in [3.05, 3.63) is 24.3 Å². The second-order valence-corrected chi connectivity index (χ2v) is 5.47. The van der Waals surface area contributed by atoms with E-state index >= 15 is 0 Å². The van der Waals surface area contributed by atoms with Gasteiger partial charge < -0.3 is 19.7 Å². The molecule has 1 atom stereocenters.